The molecule has 0 bridgehead atoms. The monoisotopic (exact) mass is 237 g/mol. The molecule has 1 rings (SSSR count). The van der Waals surface area contributed by atoms with E-state index in [-0.39, 0.29) is 24.8 Å². The molecule has 3 nitrogen and oxygen atoms in total. The number of nitrogens with zero attached hydrogens (tertiary/aromatic N) is 1. The Morgan fingerprint density at radius 1 is 1.14 bits per heavy atom. The summed E-state index contributed by atoms with van der Waals surface area (Å²) in [5.74, 6) is 5.20. The zero-order valence-electron chi connectivity index (χ0n) is 8.36. The highest BCUT2D eigenvalue weighted by Crippen LogP contribution is 2.11. The SMILES string of the molecule is CN(C)c1ccc(CNN)cc1.Cl.Cl. The van der Waals surface area contributed by atoms with E-state index in [9.17, 15) is 0 Å². The Hall–Kier alpha value is -0.480. The predicted molar refractivity (Wildman–Crippen MR) is 66.3 cm³/mol. The molecule has 1 aromatic rings. The van der Waals surface area contributed by atoms with Gasteiger partial charge in [0, 0.05) is 26.3 Å². The predicted octanol–water partition coefficient (Wildman–Crippen LogP) is 1.56. The van der Waals surface area contributed by atoms with Crippen LogP contribution in [0.2, 0.25) is 0 Å². The Balaban J connectivity index is 0. The molecule has 5 heteroatoms. The minimum atomic E-state index is 0. The quantitative estimate of drug-likeness (QED) is 0.620. The number of hydrogen-bond donors (Lipinski definition) is 2. The van der Waals surface area contributed by atoms with E-state index in [0.29, 0.717) is 6.54 Å². The Bertz CT molecular complexity index is 236. The maximum Gasteiger partial charge on any atom is 0.0361 e. The second-order valence-corrected chi connectivity index (χ2v) is 2.94. The molecule has 0 aliphatic rings. The van der Waals surface area contributed by atoms with Crippen LogP contribution < -0.4 is 16.2 Å². The second-order valence-electron chi connectivity index (χ2n) is 2.94. The molecule has 0 atom stereocenters. The Kier molecular flexibility index (Phi) is 8.99. The first-order chi connectivity index (χ1) is 5.74. The lowest BCUT2D eigenvalue weighted by molar-refractivity contribution is 0.741. The van der Waals surface area contributed by atoms with E-state index in [1.807, 2.05) is 14.1 Å². The van der Waals surface area contributed by atoms with Gasteiger partial charge in [-0.25, -0.2) is 0 Å². The van der Waals surface area contributed by atoms with E-state index in [1.54, 1.807) is 0 Å². The van der Waals surface area contributed by atoms with Crippen molar-refractivity contribution in [2.45, 2.75) is 6.54 Å². The third kappa shape index (κ3) is 4.67. The van der Waals surface area contributed by atoms with Gasteiger partial charge >= 0.3 is 0 Å². The molecule has 82 valence electrons. The number of rotatable bonds is 3. The highest BCUT2D eigenvalue weighted by molar-refractivity contribution is 5.85. The van der Waals surface area contributed by atoms with Crippen molar-refractivity contribution in [1.82, 2.24) is 5.43 Å². The number of benzene rings is 1. The van der Waals surface area contributed by atoms with Crippen molar-refractivity contribution in [3.05, 3.63) is 29.8 Å². The summed E-state index contributed by atoms with van der Waals surface area (Å²) in [5, 5.41) is 0. The smallest absolute Gasteiger partial charge is 0.0361 e. The fourth-order valence-electron chi connectivity index (χ4n) is 1.03. The summed E-state index contributed by atoms with van der Waals surface area (Å²) in [6, 6.07) is 8.28. The molecule has 14 heavy (non-hydrogen) atoms. The van der Waals surface area contributed by atoms with Crippen LogP contribution in [0.1, 0.15) is 5.56 Å². The van der Waals surface area contributed by atoms with Crippen LogP contribution in [-0.2, 0) is 6.54 Å². The second kappa shape index (κ2) is 7.88. The molecule has 0 amide bonds. The van der Waals surface area contributed by atoms with Crippen LogP contribution in [0.15, 0.2) is 24.3 Å². The van der Waals surface area contributed by atoms with Crippen LogP contribution in [0, 0.1) is 0 Å². The number of halogens is 2. The van der Waals surface area contributed by atoms with Gasteiger partial charge in [0.1, 0.15) is 0 Å². The maximum atomic E-state index is 5.20. The lowest BCUT2D eigenvalue weighted by Crippen LogP contribution is -2.20. The summed E-state index contributed by atoms with van der Waals surface area (Å²) in [5.41, 5.74) is 5.02. The van der Waals surface area contributed by atoms with Crippen LogP contribution in [0.25, 0.3) is 0 Å². The highest BCUT2D eigenvalue weighted by atomic mass is 35.5. The molecule has 0 aliphatic heterocycles. The van der Waals surface area contributed by atoms with Crippen LogP contribution in [0.3, 0.4) is 0 Å². The largest absolute Gasteiger partial charge is 0.378 e. The number of anilines is 1. The maximum absolute atomic E-state index is 5.20. The van der Waals surface area contributed by atoms with E-state index in [4.69, 9.17) is 5.84 Å². The molecule has 0 aliphatic carbocycles. The number of hydrogen-bond acceptors (Lipinski definition) is 3. The van der Waals surface area contributed by atoms with Crippen LogP contribution in [0.5, 0.6) is 0 Å². The Morgan fingerprint density at radius 3 is 2.00 bits per heavy atom. The van der Waals surface area contributed by atoms with E-state index in [0.717, 1.165) is 0 Å². The molecule has 1 aromatic carbocycles. The van der Waals surface area contributed by atoms with Crippen LogP contribution >= 0.6 is 24.8 Å². The zero-order valence-corrected chi connectivity index (χ0v) is 9.99. The number of nitrogens with one attached hydrogen (secondary N) is 1. The molecule has 0 fully saturated rings. The molecular formula is C9H17Cl2N3. The van der Waals surface area contributed by atoms with Gasteiger partial charge in [-0.15, -0.1) is 24.8 Å². The lowest BCUT2D eigenvalue weighted by Gasteiger charge is -2.12. The summed E-state index contributed by atoms with van der Waals surface area (Å²) in [6.45, 7) is 0.716. The normalized spacial score (nSPS) is 8.50. The molecule has 0 saturated heterocycles. The van der Waals surface area contributed by atoms with E-state index < -0.39 is 0 Å². The van der Waals surface area contributed by atoms with Crippen LogP contribution in [-0.4, -0.2) is 14.1 Å². The minimum Gasteiger partial charge on any atom is -0.378 e. The van der Waals surface area contributed by atoms with Crippen molar-refractivity contribution >= 4 is 30.5 Å². The topological polar surface area (TPSA) is 41.3 Å². The molecule has 0 heterocycles. The first-order valence-corrected chi connectivity index (χ1v) is 3.94. The first-order valence-electron chi connectivity index (χ1n) is 3.94. The number of hydrazine groups is 1. The van der Waals surface area contributed by atoms with Gasteiger partial charge in [0.15, 0.2) is 0 Å². The van der Waals surface area contributed by atoms with Gasteiger partial charge in [0.25, 0.3) is 0 Å². The Morgan fingerprint density at radius 2 is 1.64 bits per heavy atom. The zero-order chi connectivity index (χ0) is 8.97. The minimum absolute atomic E-state index is 0. The number of nitrogens with two attached hydrogens (primary N) is 1. The van der Waals surface area contributed by atoms with E-state index in [2.05, 4.69) is 34.6 Å². The van der Waals surface area contributed by atoms with E-state index >= 15 is 0 Å². The van der Waals surface area contributed by atoms with E-state index in [1.165, 1.54) is 11.3 Å². The van der Waals surface area contributed by atoms with Crippen molar-refractivity contribution in [3.63, 3.8) is 0 Å². The summed E-state index contributed by atoms with van der Waals surface area (Å²) in [6.07, 6.45) is 0. The van der Waals surface area contributed by atoms with Gasteiger partial charge in [0.05, 0.1) is 0 Å². The van der Waals surface area contributed by atoms with Gasteiger partial charge in [-0.1, -0.05) is 12.1 Å². The molecule has 0 unspecified atom stereocenters. The van der Waals surface area contributed by atoms with Crippen molar-refractivity contribution in [3.8, 4) is 0 Å². The van der Waals surface area contributed by atoms with Crippen LogP contribution in [0.4, 0.5) is 5.69 Å². The van der Waals surface area contributed by atoms with Gasteiger partial charge in [-0.05, 0) is 17.7 Å². The Labute approximate surface area is 97.5 Å². The molecule has 0 aromatic heterocycles. The molecule has 0 saturated carbocycles. The summed E-state index contributed by atoms with van der Waals surface area (Å²) < 4.78 is 0. The van der Waals surface area contributed by atoms with Crippen molar-refractivity contribution < 1.29 is 0 Å². The fourth-order valence-corrected chi connectivity index (χ4v) is 1.03. The summed E-state index contributed by atoms with van der Waals surface area (Å²) in [4.78, 5) is 2.07. The van der Waals surface area contributed by atoms with Gasteiger partial charge < -0.3 is 4.90 Å². The standard InChI is InChI=1S/C9H15N3.2ClH/c1-12(2)9-5-3-8(4-6-9)7-11-10;;/h3-6,11H,7,10H2,1-2H3;2*1H. The van der Waals surface area contributed by atoms with Crippen molar-refractivity contribution in [2.75, 3.05) is 19.0 Å². The van der Waals surface area contributed by atoms with Gasteiger partial charge in [-0.2, -0.15) is 0 Å². The third-order valence-electron chi connectivity index (χ3n) is 1.76. The van der Waals surface area contributed by atoms with Gasteiger partial charge in [0.2, 0.25) is 0 Å². The molecule has 3 N–H and O–H groups in total. The average molecular weight is 238 g/mol. The molecular weight excluding hydrogens is 221 g/mol. The van der Waals surface area contributed by atoms with Crippen molar-refractivity contribution in [1.29, 1.82) is 0 Å². The first kappa shape index (κ1) is 16.0. The lowest BCUT2D eigenvalue weighted by atomic mass is 10.2. The summed E-state index contributed by atoms with van der Waals surface area (Å²) >= 11 is 0. The fraction of sp³-hybridized carbons (Fsp3) is 0.333. The molecule has 0 spiro atoms. The summed E-state index contributed by atoms with van der Waals surface area (Å²) in [7, 11) is 4.05. The average Bonchev–Trinajstić information content (AvgIpc) is 2.06. The van der Waals surface area contributed by atoms with Gasteiger partial charge in [-0.3, -0.25) is 11.3 Å². The van der Waals surface area contributed by atoms with Crippen molar-refractivity contribution in [2.24, 2.45) is 5.84 Å². The third-order valence-corrected chi connectivity index (χ3v) is 1.76. The molecule has 0 radical (unpaired) electrons. The highest BCUT2D eigenvalue weighted by Gasteiger charge is 1.94.